The highest BCUT2D eigenvalue weighted by atomic mass is 36.0. The maximum atomic E-state index is 13.7. The number of anilines is 3. The quantitative estimate of drug-likeness (QED) is 0.0138. The van der Waals surface area contributed by atoms with Gasteiger partial charge < -0.3 is 40.6 Å². The summed E-state index contributed by atoms with van der Waals surface area (Å²) in [4.78, 5) is 65.1. The zero-order valence-electron chi connectivity index (χ0n) is 74.5. The van der Waals surface area contributed by atoms with Crippen molar-refractivity contribution in [1.82, 2.24) is 29.3 Å². The molecule has 3 aliphatic rings. The number of carbonyl (C=O) groups is 5. The van der Waals surface area contributed by atoms with E-state index < -0.39 is 38.7 Å². The smallest absolute Gasteiger partial charge is 0.412 e. The molecule has 0 spiro atoms. The molecule has 15 rings (SSSR count). The van der Waals surface area contributed by atoms with Gasteiger partial charge in [-0.25, -0.2) is 27.8 Å². The van der Waals surface area contributed by atoms with Crippen molar-refractivity contribution in [2.75, 3.05) is 36.2 Å². The first-order valence-electron chi connectivity index (χ1n) is 43.1. The van der Waals surface area contributed by atoms with Crippen molar-refractivity contribution >= 4 is 89.6 Å². The zero-order valence-corrected chi connectivity index (χ0v) is 77.6. The van der Waals surface area contributed by atoms with Crippen molar-refractivity contribution < 1.29 is 57.3 Å². The van der Waals surface area contributed by atoms with Gasteiger partial charge in [0, 0.05) is 70.8 Å². The highest BCUT2D eigenvalue weighted by molar-refractivity contribution is 8.26. The summed E-state index contributed by atoms with van der Waals surface area (Å²) in [5.74, 6) is 1.84. The normalized spacial score (nSPS) is 13.5. The van der Waals surface area contributed by atoms with E-state index in [0.717, 1.165) is 98.1 Å². The maximum Gasteiger partial charge on any atom is 0.412 e. The highest BCUT2D eigenvalue weighted by Gasteiger charge is 2.30. The van der Waals surface area contributed by atoms with Crippen LogP contribution in [-0.2, 0) is 66.8 Å². The number of aromatic nitrogens is 6. The Hall–Kier alpha value is -11.2. The number of ether oxygens (including phenoxy) is 4. The molecule has 3 unspecified atom stereocenters. The molecule has 0 saturated heterocycles. The number of Topliss-reactive ketones (excluding diaryl/α,β-unsaturated/α-hetero) is 3. The van der Waals surface area contributed by atoms with E-state index in [0.29, 0.717) is 82.8 Å². The average Bonchev–Trinajstić information content (AvgIpc) is 1.68. The molecule has 3 aromatic heterocycles. The van der Waals surface area contributed by atoms with Gasteiger partial charge >= 0.3 is 12.2 Å². The van der Waals surface area contributed by atoms with Gasteiger partial charge in [0.1, 0.15) is 46.6 Å². The first kappa shape index (κ1) is 98.9. The fourth-order valence-electron chi connectivity index (χ4n) is 14.2. The summed E-state index contributed by atoms with van der Waals surface area (Å²) >= 11 is 0. The van der Waals surface area contributed by atoms with Crippen LogP contribution in [0.25, 0.3) is 17.1 Å². The van der Waals surface area contributed by atoms with Crippen LogP contribution in [0.4, 0.5) is 26.7 Å². The number of halogens is 3. The van der Waals surface area contributed by atoms with Gasteiger partial charge in [-0.3, -0.25) is 25.0 Å². The second-order valence-electron chi connectivity index (χ2n) is 34.4. The molecule has 8 N–H and O–H groups in total. The van der Waals surface area contributed by atoms with Gasteiger partial charge in [0.2, 0.25) is 9.23 Å². The summed E-state index contributed by atoms with van der Waals surface area (Å²) in [7, 11) is 7.36. The van der Waals surface area contributed by atoms with Crippen molar-refractivity contribution in [3.8, 4) is 17.1 Å². The van der Waals surface area contributed by atoms with Gasteiger partial charge in [0.15, 0.2) is 17.3 Å². The van der Waals surface area contributed by atoms with E-state index in [4.69, 9.17) is 39.7 Å². The standard InChI is InChI=1S/C36H41N3O4.C32H35N3O4.C30H32N4O2.C4H8O.Cl2OS.ClH/c1-6-25-10-8-15-31(20-25)39-32(18-24(2)38-39)33(40)21-27-11-7-12-28(19-27)34(42-23-26-16-17-26)29-13-9-14-30(22-29)37-35(41)43-36(3,4)5;1-6-22-10-8-15-27(18-22)35-28(16-21(2)34-35)29(36)19-23-11-7-12-24(17-23)30(37)25-13-9-14-26(20-25)33-31(38)39-32(3,4)5;1-20-13-28(34(33-20)27-10-3-6-23(15-27)18-31)29(35)16-22-5-2-7-24(14-22)30(36-19-21-11-12-21)25-8-4-9-26(32)17-25;5-3-4-1-2-4;1-4(2)3;/h7-15,18-20,22,26,34H,6,16-17,21,23H2,1-5H3,(H,37,41);7-18,20,30,37H,6,19H2,1-5H3,(H,33,38);2-10,13-15,17,21,30H,11-12,16,18-19,31-32H2,1H3;4-5H,1-3H2;;1H. The molecule has 3 aliphatic carbocycles. The number of benzene rings is 9. The summed E-state index contributed by atoms with van der Waals surface area (Å²) in [5.41, 5.74) is 30.3. The third-order valence-corrected chi connectivity index (χ3v) is 21.0. The number of rotatable bonds is 30. The minimum atomic E-state index is -1.67. The number of aliphatic hydroxyl groups excluding tert-OH is 2. The second-order valence-corrected chi connectivity index (χ2v) is 36.9. The van der Waals surface area contributed by atoms with Crippen LogP contribution in [0.2, 0.25) is 0 Å². The van der Waals surface area contributed by atoms with E-state index in [9.17, 15) is 29.1 Å². The zero-order chi connectivity index (χ0) is 91.1. The monoisotopic (exact) mass is 1810 g/mol. The lowest BCUT2D eigenvalue weighted by molar-refractivity contribution is 0.0624. The predicted molar refractivity (Wildman–Crippen MR) is 510 cm³/mol. The number of aryl methyl sites for hydroxylation is 5. The van der Waals surface area contributed by atoms with E-state index >= 15 is 0 Å². The third kappa shape index (κ3) is 30.8. The Kier molecular flexibility index (Phi) is 36.1. The van der Waals surface area contributed by atoms with Gasteiger partial charge in [-0.2, -0.15) is 15.3 Å². The molecule has 2 amide bonds. The molecular formula is C102H117Cl3N10O12S. The molecule has 0 aliphatic heterocycles. The van der Waals surface area contributed by atoms with E-state index in [-0.39, 0.29) is 61.2 Å². The summed E-state index contributed by atoms with van der Waals surface area (Å²) < 4.78 is 37.9. The van der Waals surface area contributed by atoms with Crippen molar-refractivity contribution in [3.05, 3.63) is 338 Å². The lowest BCUT2D eigenvalue weighted by atomic mass is 9.97. The predicted octanol–water partition coefficient (Wildman–Crippen LogP) is 21.6. The molecular weight excluding hydrogens is 1700 g/mol. The molecule has 0 bridgehead atoms. The largest absolute Gasteiger partial charge is 0.444 e. The summed E-state index contributed by atoms with van der Waals surface area (Å²) in [6.45, 7) is 23.0. The second kappa shape index (κ2) is 46.7. The van der Waals surface area contributed by atoms with Crippen LogP contribution in [0.1, 0.15) is 228 Å². The minimum absolute atomic E-state index is 0. The van der Waals surface area contributed by atoms with Gasteiger partial charge in [-0.15, -0.1) is 12.4 Å². The van der Waals surface area contributed by atoms with E-state index in [1.54, 1.807) is 59.1 Å². The Bertz CT molecular complexity index is 5780. The highest BCUT2D eigenvalue weighted by Crippen LogP contribution is 2.38. The molecule has 3 heterocycles. The van der Waals surface area contributed by atoms with E-state index in [2.05, 4.69) is 97.5 Å². The average molecular weight is 1810 g/mol. The number of aliphatic hydroxyl groups is 2. The van der Waals surface area contributed by atoms with Crippen LogP contribution in [0, 0.1) is 38.5 Å². The van der Waals surface area contributed by atoms with E-state index in [1.165, 1.54) is 49.7 Å². The molecule has 128 heavy (non-hydrogen) atoms. The number of hydrogen-bond acceptors (Lipinski definition) is 17. The Labute approximate surface area is 768 Å². The van der Waals surface area contributed by atoms with Gasteiger partial charge in [-0.05, 0) is 289 Å². The number of nitrogens with two attached hydrogens (primary N) is 2. The van der Waals surface area contributed by atoms with Crippen LogP contribution in [-0.4, -0.2) is 104 Å². The van der Waals surface area contributed by atoms with Crippen LogP contribution >= 0.6 is 33.8 Å². The Morgan fingerprint density at radius 1 is 0.445 bits per heavy atom. The molecule has 3 fully saturated rings. The number of hydrogen-bond donors (Lipinski definition) is 6. The number of nitrogens with one attached hydrogen (secondary N) is 2. The first-order chi connectivity index (χ1) is 60.8. The number of carbonyl (C=O) groups excluding carboxylic acids is 5. The SMILES string of the molecule is CCc1cccc(-n2nc(C)cc2C(=O)Cc2cccc(C(O)c3cccc(NC(=O)OC(C)(C)C)c3)c2)c1.CCc1cccc(-n2nc(C)cc2C(=O)Cc2cccc(C(OCC3CC3)c3cccc(NC(=O)OC(C)(C)C)c3)c2)c1.Cc1cc(C(=O)Cc2cccc(C(OCC3CC3)c3cccc(N)c3)c2)n(-c2cccc(CN)c2)n1.Cl.O=S(Cl)Cl.OCC1CC1. The molecule has 26 heteroatoms. The number of nitrogen functional groups attached to an aromatic ring is 1. The molecule has 22 nitrogen and oxygen atoms in total. The minimum Gasteiger partial charge on any atom is -0.444 e. The van der Waals surface area contributed by atoms with Gasteiger partial charge in [0.25, 0.3) is 0 Å². The van der Waals surface area contributed by atoms with Crippen LogP contribution in [0.15, 0.2) is 237 Å². The molecule has 9 aromatic carbocycles. The number of nitrogens with zero attached hydrogens (tertiary/aromatic N) is 6. The molecule has 3 atom stereocenters. The Balaban J connectivity index is 0.000000190. The van der Waals surface area contributed by atoms with Crippen LogP contribution in [0.5, 0.6) is 0 Å². The molecule has 3 saturated carbocycles. The topological polar surface area (TPSA) is 309 Å². The number of ketones is 3. The Morgan fingerprint density at radius 3 is 1.09 bits per heavy atom. The van der Waals surface area contributed by atoms with Gasteiger partial charge in [0.05, 0.1) is 47.4 Å². The number of amides is 2. The van der Waals surface area contributed by atoms with E-state index in [1.807, 2.05) is 217 Å². The van der Waals surface area contributed by atoms with Crippen molar-refractivity contribution in [2.24, 2.45) is 23.5 Å². The summed E-state index contributed by atoms with van der Waals surface area (Å²) in [6.07, 6.45) is 7.21. The lowest BCUT2D eigenvalue weighted by Crippen LogP contribution is -2.27. The fraction of sp³-hybridized carbons (Fsp3) is 0.333. The summed E-state index contributed by atoms with van der Waals surface area (Å²) in [6, 6.07) is 75.5. The molecule has 0 radical (unpaired) electrons. The van der Waals surface area contributed by atoms with Crippen LogP contribution < -0.4 is 22.1 Å². The molecule has 674 valence electrons. The van der Waals surface area contributed by atoms with Gasteiger partial charge in [-0.1, -0.05) is 159 Å². The lowest BCUT2D eigenvalue weighted by Gasteiger charge is -2.22. The fourth-order valence-corrected chi connectivity index (χ4v) is 14.2. The van der Waals surface area contributed by atoms with Crippen molar-refractivity contribution in [3.63, 3.8) is 0 Å². The first-order valence-corrected chi connectivity index (χ1v) is 45.9. The Morgan fingerprint density at radius 2 is 0.750 bits per heavy atom. The van der Waals surface area contributed by atoms with Crippen molar-refractivity contribution in [2.45, 2.75) is 183 Å². The molecule has 12 aromatic rings. The van der Waals surface area contributed by atoms with Crippen molar-refractivity contribution in [1.29, 1.82) is 0 Å². The third-order valence-electron chi connectivity index (χ3n) is 21.0. The summed E-state index contributed by atoms with van der Waals surface area (Å²) in [5, 5.41) is 38.6. The maximum absolute atomic E-state index is 13.7. The van der Waals surface area contributed by atoms with Crippen LogP contribution in [0.3, 0.4) is 0 Å².